The predicted octanol–water partition coefficient (Wildman–Crippen LogP) is 2.96. The monoisotopic (exact) mass is 250 g/mol. The lowest BCUT2D eigenvalue weighted by atomic mass is 9.82. The van der Waals surface area contributed by atoms with Crippen molar-refractivity contribution in [3.05, 3.63) is 24.0 Å². The van der Waals surface area contributed by atoms with Gasteiger partial charge >= 0.3 is 5.97 Å². The van der Waals surface area contributed by atoms with Gasteiger partial charge in [0.05, 0.1) is 7.11 Å². The van der Waals surface area contributed by atoms with Gasteiger partial charge in [-0.1, -0.05) is 27.7 Å². The molecule has 1 aromatic heterocycles. The normalized spacial score (nSPS) is 12.9. The van der Waals surface area contributed by atoms with E-state index in [0.717, 1.165) is 12.2 Å². The quantitative estimate of drug-likeness (QED) is 0.835. The second kappa shape index (κ2) is 5.85. The molecule has 0 aliphatic rings. The first-order valence-electron chi connectivity index (χ1n) is 6.13. The molecule has 0 bridgehead atoms. The topological polar surface area (TPSA) is 51.2 Å². The first-order chi connectivity index (χ1) is 8.34. The van der Waals surface area contributed by atoms with Gasteiger partial charge in [-0.2, -0.15) is 0 Å². The second-order valence-electron chi connectivity index (χ2n) is 5.57. The maximum Gasteiger partial charge on any atom is 0.356 e. The molecule has 1 aromatic rings. The van der Waals surface area contributed by atoms with E-state index in [9.17, 15) is 4.79 Å². The van der Waals surface area contributed by atoms with E-state index < -0.39 is 5.97 Å². The molecule has 1 N–H and O–H groups in total. The molecular formula is C14H22N2O2. The van der Waals surface area contributed by atoms with Crippen molar-refractivity contribution in [1.82, 2.24) is 4.98 Å². The van der Waals surface area contributed by atoms with Crippen LogP contribution in [0, 0.1) is 11.3 Å². The average molecular weight is 250 g/mol. The Balaban J connectivity index is 2.66. The highest BCUT2D eigenvalue weighted by Crippen LogP contribution is 2.25. The first-order valence-corrected chi connectivity index (χ1v) is 6.13. The molecule has 0 radical (unpaired) electrons. The Hall–Kier alpha value is -1.58. The van der Waals surface area contributed by atoms with Crippen LogP contribution in [0.25, 0.3) is 0 Å². The van der Waals surface area contributed by atoms with Gasteiger partial charge in [-0.25, -0.2) is 9.78 Å². The molecule has 100 valence electrons. The maximum atomic E-state index is 11.4. The number of nitrogens with zero attached hydrogens (tertiary/aromatic N) is 1. The van der Waals surface area contributed by atoms with Gasteiger partial charge in [-0.15, -0.1) is 0 Å². The summed E-state index contributed by atoms with van der Waals surface area (Å²) in [5, 5.41) is 3.32. The van der Waals surface area contributed by atoms with E-state index in [-0.39, 0.29) is 5.41 Å². The molecular weight excluding hydrogens is 228 g/mol. The fraction of sp³-hybridized carbons (Fsp3) is 0.571. The van der Waals surface area contributed by atoms with Crippen LogP contribution in [0.15, 0.2) is 18.3 Å². The van der Waals surface area contributed by atoms with Crippen molar-refractivity contribution >= 4 is 11.7 Å². The third-order valence-electron chi connectivity index (χ3n) is 3.25. The molecule has 0 aromatic carbocycles. The zero-order valence-corrected chi connectivity index (χ0v) is 11.8. The van der Waals surface area contributed by atoms with Crippen molar-refractivity contribution in [3.8, 4) is 0 Å². The smallest absolute Gasteiger partial charge is 0.356 e. The lowest BCUT2D eigenvalue weighted by Gasteiger charge is -2.27. The number of carbonyl (C=O) groups is 1. The zero-order chi connectivity index (χ0) is 13.8. The number of ether oxygens (including phenoxy) is 1. The van der Waals surface area contributed by atoms with E-state index in [0.29, 0.717) is 11.6 Å². The minimum atomic E-state index is -0.414. The van der Waals surface area contributed by atoms with Crippen LogP contribution in [0.2, 0.25) is 0 Å². The summed E-state index contributed by atoms with van der Waals surface area (Å²) in [5.74, 6) is 0.106. The van der Waals surface area contributed by atoms with E-state index >= 15 is 0 Å². The van der Waals surface area contributed by atoms with Crippen LogP contribution >= 0.6 is 0 Å². The molecule has 0 spiro atoms. The Morgan fingerprint density at radius 3 is 2.72 bits per heavy atom. The molecule has 4 heteroatoms. The van der Waals surface area contributed by atoms with Crippen molar-refractivity contribution in [3.63, 3.8) is 0 Å². The standard InChI is InChI=1S/C14H22N2O2/c1-10(14(2,3)4)9-16-11-6-7-15-12(8-11)13(17)18-5/h6-8,10H,9H2,1-5H3,(H,15,16). The van der Waals surface area contributed by atoms with E-state index in [4.69, 9.17) is 0 Å². The summed E-state index contributed by atoms with van der Waals surface area (Å²) in [6.45, 7) is 9.70. The van der Waals surface area contributed by atoms with Crippen LogP contribution < -0.4 is 5.32 Å². The minimum Gasteiger partial charge on any atom is -0.464 e. The number of hydrogen-bond donors (Lipinski definition) is 1. The first kappa shape index (κ1) is 14.5. The molecule has 0 aliphatic heterocycles. The van der Waals surface area contributed by atoms with E-state index in [1.807, 2.05) is 6.07 Å². The molecule has 1 unspecified atom stereocenters. The van der Waals surface area contributed by atoms with Gasteiger partial charge in [0.25, 0.3) is 0 Å². The van der Waals surface area contributed by atoms with Gasteiger partial charge in [-0.3, -0.25) is 0 Å². The highest BCUT2D eigenvalue weighted by Gasteiger charge is 2.19. The predicted molar refractivity (Wildman–Crippen MR) is 72.7 cm³/mol. The summed E-state index contributed by atoms with van der Waals surface area (Å²) in [7, 11) is 1.35. The summed E-state index contributed by atoms with van der Waals surface area (Å²) in [6, 6.07) is 3.56. The molecule has 0 saturated carbocycles. The van der Waals surface area contributed by atoms with Gasteiger partial charge in [0.2, 0.25) is 0 Å². The highest BCUT2D eigenvalue weighted by atomic mass is 16.5. The van der Waals surface area contributed by atoms with Crippen LogP contribution in [-0.4, -0.2) is 24.6 Å². The maximum absolute atomic E-state index is 11.4. The van der Waals surface area contributed by atoms with Crippen LogP contribution in [0.1, 0.15) is 38.2 Å². The zero-order valence-electron chi connectivity index (χ0n) is 11.8. The van der Waals surface area contributed by atoms with Crippen molar-refractivity contribution in [2.75, 3.05) is 19.0 Å². The summed E-state index contributed by atoms with van der Waals surface area (Å²) in [6.07, 6.45) is 1.61. The van der Waals surface area contributed by atoms with Crippen LogP contribution in [-0.2, 0) is 4.74 Å². The third kappa shape index (κ3) is 4.02. The van der Waals surface area contributed by atoms with Crippen molar-refractivity contribution in [2.24, 2.45) is 11.3 Å². The van der Waals surface area contributed by atoms with Gasteiger partial charge in [-0.05, 0) is 23.5 Å². The summed E-state index contributed by atoms with van der Waals surface area (Å²) >= 11 is 0. The second-order valence-corrected chi connectivity index (χ2v) is 5.57. The lowest BCUT2D eigenvalue weighted by molar-refractivity contribution is 0.0594. The summed E-state index contributed by atoms with van der Waals surface area (Å²) < 4.78 is 4.64. The molecule has 1 atom stereocenters. The Morgan fingerprint density at radius 2 is 2.17 bits per heavy atom. The molecule has 0 aliphatic carbocycles. The van der Waals surface area contributed by atoms with Crippen LogP contribution in [0.5, 0.6) is 0 Å². The number of methoxy groups -OCH3 is 1. The van der Waals surface area contributed by atoms with Crippen molar-refractivity contribution < 1.29 is 9.53 Å². The number of pyridine rings is 1. The highest BCUT2D eigenvalue weighted by molar-refractivity contribution is 5.88. The van der Waals surface area contributed by atoms with Gasteiger partial charge in [0.1, 0.15) is 5.69 Å². The number of rotatable bonds is 4. The molecule has 4 nitrogen and oxygen atoms in total. The Labute approximate surface area is 109 Å². The molecule has 1 heterocycles. The Bertz CT molecular complexity index is 411. The molecule has 18 heavy (non-hydrogen) atoms. The number of aromatic nitrogens is 1. The van der Waals surface area contributed by atoms with Crippen molar-refractivity contribution in [1.29, 1.82) is 0 Å². The largest absolute Gasteiger partial charge is 0.464 e. The van der Waals surface area contributed by atoms with E-state index in [1.165, 1.54) is 7.11 Å². The number of esters is 1. The number of carbonyl (C=O) groups excluding carboxylic acids is 1. The molecule has 0 amide bonds. The van der Waals surface area contributed by atoms with Crippen LogP contribution in [0.3, 0.4) is 0 Å². The van der Waals surface area contributed by atoms with Crippen molar-refractivity contribution in [2.45, 2.75) is 27.7 Å². The van der Waals surface area contributed by atoms with Gasteiger partial charge in [0.15, 0.2) is 0 Å². The van der Waals surface area contributed by atoms with Crippen LogP contribution in [0.4, 0.5) is 5.69 Å². The average Bonchev–Trinajstić information content (AvgIpc) is 2.34. The third-order valence-corrected chi connectivity index (χ3v) is 3.25. The fourth-order valence-corrected chi connectivity index (χ4v) is 1.33. The van der Waals surface area contributed by atoms with Gasteiger partial charge in [0, 0.05) is 18.4 Å². The minimum absolute atomic E-state index is 0.255. The molecule has 1 rings (SSSR count). The number of hydrogen-bond acceptors (Lipinski definition) is 4. The molecule has 0 fully saturated rings. The fourth-order valence-electron chi connectivity index (χ4n) is 1.33. The van der Waals surface area contributed by atoms with Gasteiger partial charge < -0.3 is 10.1 Å². The van der Waals surface area contributed by atoms with E-state index in [2.05, 4.69) is 42.7 Å². The SMILES string of the molecule is COC(=O)c1cc(NCC(C)C(C)(C)C)ccn1. The summed E-state index contributed by atoms with van der Waals surface area (Å²) in [4.78, 5) is 15.3. The molecule has 0 saturated heterocycles. The number of anilines is 1. The van der Waals surface area contributed by atoms with E-state index in [1.54, 1.807) is 12.3 Å². The lowest BCUT2D eigenvalue weighted by Crippen LogP contribution is -2.24. The Kier molecular flexibility index (Phi) is 4.70. The Morgan fingerprint density at radius 1 is 1.50 bits per heavy atom. The summed E-state index contributed by atoms with van der Waals surface area (Å²) in [5.41, 5.74) is 1.47. The number of nitrogens with one attached hydrogen (secondary N) is 1.